The van der Waals surface area contributed by atoms with E-state index in [1.807, 2.05) is 11.8 Å². The Balaban J connectivity index is 1.75. The van der Waals surface area contributed by atoms with E-state index in [0.29, 0.717) is 18.0 Å². The van der Waals surface area contributed by atoms with Gasteiger partial charge in [0.1, 0.15) is 5.75 Å². The van der Waals surface area contributed by atoms with Crippen LogP contribution < -0.4 is 14.4 Å². The van der Waals surface area contributed by atoms with Crippen molar-refractivity contribution in [2.24, 2.45) is 0 Å². The molecule has 1 N–H and O–H groups in total. The molecule has 8 heteroatoms. The maximum Gasteiger partial charge on any atom is 0.260 e. The van der Waals surface area contributed by atoms with Crippen molar-refractivity contribution in [3.8, 4) is 5.75 Å². The molecule has 0 bridgehead atoms. The summed E-state index contributed by atoms with van der Waals surface area (Å²) in [5.74, 6) is 1.31. The second-order valence-corrected chi connectivity index (χ2v) is 9.97. The fourth-order valence-electron chi connectivity index (χ4n) is 2.78. The van der Waals surface area contributed by atoms with Crippen LogP contribution in [0.2, 0.25) is 0 Å². The van der Waals surface area contributed by atoms with Crippen molar-refractivity contribution in [3.05, 3.63) is 24.3 Å². The lowest BCUT2D eigenvalue weighted by atomic mass is 10.3. The van der Waals surface area contributed by atoms with Gasteiger partial charge in [-0.3, -0.25) is 9.10 Å². The molecule has 1 atom stereocenters. The van der Waals surface area contributed by atoms with Crippen LogP contribution in [-0.2, 0) is 14.8 Å². The number of sulfonamides is 1. The number of carbonyl (C=O) groups is 1. The highest BCUT2D eigenvalue weighted by Gasteiger charge is 2.17. The molecule has 26 heavy (non-hydrogen) atoms. The van der Waals surface area contributed by atoms with Crippen LogP contribution in [0.4, 0.5) is 5.69 Å². The molecule has 1 saturated carbocycles. The molecule has 0 aliphatic heterocycles. The quantitative estimate of drug-likeness (QED) is 0.645. The molecule has 1 aromatic carbocycles. The molecule has 1 fully saturated rings. The summed E-state index contributed by atoms with van der Waals surface area (Å²) in [6.45, 7) is 2.35. The minimum absolute atomic E-state index is 0.144. The maximum absolute atomic E-state index is 12.1. The Kier molecular flexibility index (Phi) is 7.64. The lowest BCUT2D eigenvalue weighted by molar-refractivity contribution is -0.127. The van der Waals surface area contributed by atoms with Gasteiger partial charge in [-0.05, 0) is 44.0 Å². The number of ether oxygens (including phenoxy) is 1. The molecule has 146 valence electrons. The van der Waals surface area contributed by atoms with Gasteiger partial charge in [0.2, 0.25) is 10.0 Å². The van der Waals surface area contributed by atoms with Gasteiger partial charge in [-0.1, -0.05) is 12.8 Å². The average Bonchev–Trinajstić information content (AvgIpc) is 3.11. The Bertz CT molecular complexity index is 686. The molecule has 1 aromatic rings. The van der Waals surface area contributed by atoms with Crippen molar-refractivity contribution in [3.63, 3.8) is 0 Å². The molecular formula is C18H28N2O4S2. The SMILES string of the molecule is C[C@@H](Oc1ccc(N(C)S(C)(=O)=O)cc1)C(=O)NCCSC1CCCC1. The minimum Gasteiger partial charge on any atom is -0.481 e. The first-order valence-corrected chi connectivity index (χ1v) is 11.8. The van der Waals surface area contributed by atoms with Crippen LogP contribution in [0, 0.1) is 0 Å². The zero-order valence-corrected chi connectivity index (χ0v) is 17.2. The molecule has 2 rings (SSSR count). The molecule has 1 aliphatic rings. The number of rotatable bonds is 9. The zero-order chi connectivity index (χ0) is 19.2. The molecular weight excluding hydrogens is 372 g/mol. The second kappa shape index (κ2) is 9.50. The van der Waals surface area contributed by atoms with Gasteiger partial charge in [-0.2, -0.15) is 11.8 Å². The minimum atomic E-state index is -3.30. The van der Waals surface area contributed by atoms with Crippen LogP contribution in [0.3, 0.4) is 0 Å². The van der Waals surface area contributed by atoms with Crippen LogP contribution >= 0.6 is 11.8 Å². The van der Waals surface area contributed by atoms with E-state index in [0.717, 1.165) is 17.3 Å². The van der Waals surface area contributed by atoms with Crippen molar-refractivity contribution in [2.75, 3.05) is 29.9 Å². The third kappa shape index (κ3) is 6.39. The van der Waals surface area contributed by atoms with Crippen LogP contribution in [0.15, 0.2) is 24.3 Å². The summed E-state index contributed by atoms with van der Waals surface area (Å²) >= 11 is 1.94. The number of carbonyl (C=O) groups excluding carboxylic acids is 1. The Morgan fingerprint density at radius 1 is 1.31 bits per heavy atom. The molecule has 1 amide bonds. The van der Waals surface area contributed by atoms with Crippen molar-refractivity contribution in [2.45, 2.75) is 44.0 Å². The summed E-state index contributed by atoms with van der Waals surface area (Å²) in [6.07, 6.45) is 5.78. The lowest BCUT2D eigenvalue weighted by Crippen LogP contribution is -2.37. The maximum atomic E-state index is 12.1. The normalized spacial score (nSPS) is 16.3. The van der Waals surface area contributed by atoms with E-state index in [4.69, 9.17) is 4.74 Å². The number of hydrogen-bond donors (Lipinski definition) is 1. The lowest BCUT2D eigenvalue weighted by Gasteiger charge is -2.18. The van der Waals surface area contributed by atoms with E-state index < -0.39 is 16.1 Å². The van der Waals surface area contributed by atoms with Gasteiger partial charge in [0.05, 0.1) is 11.9 Å². The molecule has 0 radical (unpaired) electrons. The summed E-state index contributed by atoms with van der Waals surface area (Å²) in [7, 11) is -1.81. The Morgan fingerprint density at radius 3 is 2.50 bits per heavy atom. The number of nitrogens with one attached hydrogen (secondary N) is 1. The van der Waals surface area contributed by atoms with Crippen LogP contribution in [-0.4, -0.2) is 51.3 Å². The summed E-state index contributed by atoms with van der Waals surface area (Å²) in [5.41, 5.74) is 0.542. The van der Waals surface area contributed by atoms with Crippen molar-refractivity contribution in [1.29, 1.82) is 0 Å². The monoisotopic (exact) mass is 400 g/mol. The molecule has 0 saturated heterocycles. The number of amides is 1. The second-order valence-electron chi connectivity index (χ2n) is 6.55. The third-order valence-corrected chi connectivity index (χ3v) is 7.03. The number of benzene rings is 1. The van der Waals surface area contributed by atoms with Crippen molar-refractivity contribution < 1.29 is 17.9 Å². The fraction of sp³-hybridized carbons (Fsp3) is 0.611. The largest absolute Gasteiger partial charge is 0.481 e. The fourth-order valence-corrected chi connectivity index (χ4v) is 4.51. The van der Waals surface area contributed by atoms with Gasteiger partial charge in [-0.25, -0.2) is 8.42 Å². The first-order valence-electron chi connectivity index (χ1n) is 8.87. The molecule has 0 aromatic heterocycles. The molecule has 1 aliphatic carbocycles. The van der Waals surface area contributed by atoms with E-state index >= 15 is 0 Å². The Morgan fingerprint density at radius 2 is 1.92 bits per heavy atom. The highest BCUT2D eigenvalue weighted by Crippen LogP contribution is 2.28. The highest BCUT2D eigenvalue weighted by molar-refractivity contribution is 7.99. The topological polar surface area (TPSA) is 75.7 Å². The average molecular weight is 401 g/mol. The third-order valence-electron chi connectivity index (χ3n) is 4.44. The molecule has 0 spiro atoms. The van der Waals surface area contributed by atoms with Gasteiger partial charge in [-0.15, -0.1) is 0 Å². The van der Waals surface area contributed by atoms with E-state index in [1.165, 1.54) is 37.0 Å². The number of nitrogens with zero attached hydrogens (tertiary/aromatic N) is 1. The zero-order valence-electron chi connectivity index (χ0n) is 15.6. The molecule has 6 nitrogen and oxygen atoms in total. The van der Waals surface area contributed by atoms with Crippen LogP contribution in [0.5, 0.6) is 5.75 Å². The first-order chi connectivity index (χ1) is 12.3. The summed E-state index contributed by atoms with van der Waals surface area (Å²) in [6, 6.07) is 6.63. The number of thioether (sulfide) groups is 1. The van der Waals surface area contributed by atoms with E-state index in [-0.39, 0.29) is 5.91 Å². The van der Waals surface area contributed by atoms with Gasteiger partial charge in [0.15, 0.2) is 6.10 Å². The number of anilines is 1. The summed E-state index contributed by atoms with van der Waals surface area (Å²) < 4.78 is 29.9. The summed E-state index contributed by atoms with van der Waals surface area (Å²) in [4.78, 5) is 12.1. The molecule has 0 unspecified atom stereocenters. The number of hydrogen-bond acceptors (Lipinski definition) is 5. The smallest absolute Gasteiger partial charge is 0.260 e. The Hall–Kier alpha value is -1.41. The standard InChI is InChI=1S/C18H28N2O4S2/c1-14(18(21)19-12-13-25-17-6-4-5-7-17)24-16-10-8-15(9-11-16)20(2)26(3,22)23/h8-11,14,17H,4-7,12-13H2,1-3H3,(H,19,21)/t14-/m1/s1. The van der Waals surface area contributed by atoms with E-state index in [2.05, 4.69) is 5.32 Å². The van der Waals surface area contributed by atoms with Gasteiger partial charge in [0.25, 0.3) is 5.91 Å². The summed E-state index contributed by atoms with van der Waals surface area (Å²) in [5, 5.41) is 3.66. The predicted octanol–water partition coefficient (Wildman–Crippen LogP) is 2.64. The van der Waals surface area contributed by atoms with E-state index in [1.54, 1.807) is 31.2 Å². The predicted molar refractivity (Wildman–Crippen MR) is 108 cm³/mol. The van der Waals surface area contributed by atoms with Gasteiger partial charge < -0.3 is 10.1 Å². The van der Waals surface area contributed by atoms with E-state index in [9.17, 15) is 13.2 Å². The molecule has 0 heterocycles. The van der Waals surface area contributed by atoms with Crippen molar-refractivity contribution >= 4 is 33.4 Å². The Labute approximate surface area is 160 Å². The van der Waals surface area contributed by atoms with Crippen molar-refractivity contribution in [1.82, 2.24) is 5.32 Å². The highest BCUT2D eigenvalue weighted by atomic mass is 32.2. The van der Waals surface area contributed by atoms with Crippen LogP contribution in [0.1, 0.15) is 32.6 Å². The van der Waals surface area contributed by atoms with Gasteiger partial charge in [0, 0.05) is 24.6 Å². The first kappa shape index (κ1) is 20.9. The van der Waals surface area contributed by atoms with Crippen LogP contribution in [0.25, 0.3) is 0 Å². The van der Waals surface area contributed by atoms with Gasteiger partial charge >= 0.3 is 0 Å².